The number of anilines is 1. The van der Waals surface area contributed by atoms with Crippen LogP contribution in [0.25, 0.3) is 0 Å². The fourth-order valence-electron chi connectivity index (χ4n) is 4.09. The number of fused-ring (bicyclic) bond motifs is 3. The maximum Gasteiger partial charge on any atom is 0.414 e. The van der Waals surface area contributed by atoms with Crippen LogP contribution >= 0.6 is 0 Å². The summed E-state index contributed by atoms with van der Waals surface area (Å²) in [5, 5.41) is 18.9. The lowest BCUT2D eigenvalue weighted by molar-refractivity contribution is -0.0311. The van der Waals surface area contributed by atoms with Crippen LogP contribution < -0.4 is 4.90 Å². The van der Waals surface area contributed by atoms with Crippen molar-refractivity contribution in [2.45, 2.75) is 25.5 Å². The predicted molar refractivity (Wildman–Crippen MR) is 107 cm³/mol. The molecule has 0 aliphatic carbocycles. The Morgan fingerprint density at radius 3 is 2.41 bits per heavy atom. The first-order valence-corrected chi connectivity index (χ1v) is 9.81. The fraction of sp³-hybridized carbons (Fsp3) is 0.364. The molecule has 5 rings (SSSR count). The first-order valence-electron chi connectivity index (χ1n) is 9.81. The first-order chi connectivity index (χ1) is 14.0. The van der Waals surface area contributed by atoms with Gasteiger partial charge in [-0.1, -0.05) is 18.2 Å². The zero-order chi connectivity index (χ0) is 20.4. The summed E-state index contributed by atoms with van der Waals surface area (Å²) in [6, 6.07) is 12.9. The number of aromatic carboxylic acids is 1. The Labute approximate surface area is 169 Å². The molecule has 0 saturated carbocycles. The maximum atomic E-state index is 13.1. The molecule has 3 fully saturated rings. The molecule has 7 heteroatoms. The van der Waals surface area contributed by atoms with E-state index in [1.807, 2.05) is 0 Å². The van der Waals surface area contributed by atoms with Crippen molar-refractivity contribution in [2.75, 3.05) is 24.5 Å². The average molecular weight is 396 g/mol. The van der Waals surface area contributed by atoms with Crippen molar-refractivity contribution in [2.24, 2.45) is 5.92 Å². The van der Waals surface area contributed by atoms with Gasteiger partial charge in [0, 0.05) is 12.6 Å². The maximum absolute atomic E-state index is 13.1. The topological polar surface area (TPSA) is 90.3 Å². The van der Waals surface area contributed by atoms with Gasteiger partial charge in [0.25, 0.3) is 0 Å². The van der Waals surface area contributed by atoms with Crippen molar-refractivity contribution in [1.29, 1.82) is 0 Å². The number of carbonyl (C=O) groups is 2. The van der Waals surface area contributed by atoms with Crippen molar-refractivity contribution < 1.29 is 24.5 Å². The van der Waals surface area contributed by atoms with Crippen molar-refractivity contribution in [3.05, 3.63) is 59.7 Å². The Bertz CT molecular complexity index is 890. The number of aromatic hydroxyl groups is 1. The van der Waals surface area contributed by atoms with Crippen LogP contribution in [0.4, 0.5) is 10.5 Å². The number of hydrogen-bond acceptors (Lipinski definition) is 5. The molecule has 3 aliphatic rings. The standard InChI is InChI=1S/C22H24N2O5/c25-19-3-1-2-18(12-19)24(13-15-4-6-17(7-5-15)21(26)27)22(28)29-20-14-23-10-8-16(20)9-11-23/h1-7,12,16,20,25H,8-11,13-14H2,(H,26,27)/t20-/m0/s1. The molecular formula is C22H24N2O5. The number of nitrogens with zero attached hydrogens (tertiary/aromatic N) is 2. The van der Waals surface area contributed by atoms with Gasteiger partial charge in [-0.05, 0) is 61.7 Å². The number of benzene rings is 2. The zero-order valence-electron chi connectivity index (χ0n) is 16.0. The van der Waals surface area contributed by atoms with Gasteiger partial charge in [0.05, 0.1) is 17.8 Å². The molecule has 29 heavy (non-hydrogen) atoms. The molecule has 152 valence electrons. The van der Waals surface area contributed by atoms with Crippen LogP contribution in [0.2, 0.25) is 0 Å². The number of piperidine rings is 3. The normalized spacial score (nSPS) is 22.8. The minimum absolute atomic E-state index is 0.0596. The minimum Gasteiger partial charge on any atom is -0.508 e. The van der Waals surface area contributed by atoms with E-state index in [0.29, 0.717) is 11.6 Å². The summed E-state index contributed by atoms with van der Waals surface area (Å²) in [7, 11) is 0. The fourth-order valence-corrected chi connectivity index (χ4v) is 4.09. The molecule has 7 nitrogen and oxygen atoms in total. The summed E-state index contributed by atoms with van der Waals surface area (Å²) in [4.78, 5) is 28.0. The summed E-state index contributed by atoms with van der Waals surface area (Å²) in [6.07, 6.45) is 1.50. The number of ether oxygens (including phenoxy) is 1. The Balaban J connectivity index is 1.54. The second-order valence-electron chi connectivity index (χ2n) is 7.67. The number of carbonyl (C=O) groups excluding carboxylic acids is 1. The molecule has 0 radical (unpaired) electrons. The van der Waals surface area contributed by atoms with E-state index in [1.54, 1.807) is 30.3 Å². The molecule has 2 bridgehead atoms. The summed E-state index contributed by atoms with van der Waals surface area (Å²) in [6.45, 7) is 3.09. The van der Waals surface area contributed by atoms with Gasteiger partial charge < -0.3 is 14.9 Å². The smallest absolute Gasteiger partial charge is 0.414 e. The Morgan fingerprint density at radius 1 is 1.10 bits per heavy atom. The quantitative estimate of drug-likeness (QED) is 0.806. The molecule has 2 N–H and O–H groups in total. The van der Waals surface area contributed by atoms with Crippen LogP contribution in [0, 0.1) is 5.92 Å². The minimum atomic E-state index is -0.997. The van der Waals surface area contributed by atoms with Crippen LogP contribution in [-0.4, -0.2) is 52.9 Å². The monoisotopic (exact) mass is 396 g/mol. The molecule has 2 aromatic carbocycles. The van der Waals surface area contributed by atoms with Gasteiger partial charge in [-0.25, -0.2) is 9.59 Å². The van der Waals surface area contributed by atoms with Crippen LogP contribution in [0.15, 0.2) is 48.5 Å². The summed E-state index contributed by atoms with van der Waals surface area (Å²) < 4.78 is 5.89. The average Bonchev–Trinajstić information content (AvgIpc) is 2.73. The number of phenolic OH excluding ortho intramolecular Hbond substituents is 1. The first kappa shape index (κ1) is 19.3. The van der Waals surface area contributed by atoms with Crippen molar-refractivity contribution in [3.63, 3.8) is 0 Å². The third kappa shape index (κ3) is 4.35. The van der Waals surface area contributed by atoms with Gasteiger partial charge in [0.1, 0.15) is 11.9 Å². The van der Waals surface area contributed by atoms with Gasteiger partial charge in [-0.15, -0.1) is 0 Å². The number of carboxylic acid groups (broad SMARTS) is 1. The summed E-state index contributed by atoms with van der Waals surface area (Å²) in [5.41, 5.74) is 1.48. The molecule has 0 unspecified atom stereocenters. The lowest BCUT2D eigenvalue weighted by Gasteiger charge is -2.44. The van der Waals surface area contributed by atoms with Crippen LogP contribution in [-0.2, 0) is 11.3 Å². The van der Waals surface area contributed by atoms with E-state index in [1.165, 1.54) is 23.1 Å². The van der Waals surface area contributed by atoms with Gasteiger partial charge in [0.2, 0.25) is 0 Å². The Kier molecular flexibility index (Phi) is 5.40. The van der Waals surface area contributed by atoms with Crippen molar-refractivity contribution in [3.8, 4) is 5.75 Å². The SMILES string of the molecule is O=C(O)c1ccc(CN(C(=O)O[C@H]2CN3CCC2CC3)c2cccc(O)c2)cc1. The highest BCUT2D eigenvalue weighted by molar-refractivity contribution is 5.89. The van der Waals surface area contributed by atoms with Gasteiger partial charge in [-0.2, -0.15) is 0 Å². The third-order valence-electron chi connectivity index (χ3n) is 5.75. The second-order valence-corrected chi connectivity index (χ2v) is 7.67. The molecule has 3 heterocycles. The molecule has 3 saturated heterocycles. The van der Waals surface area contributed by atoms with E-state index in [9.17, 15) is 14.7 Å². The van der Waals surface area contributed by atoms with Crippen molar-refractivity contribution in [1.82, 2.24) is 4.90 Å². The molecule has 0 aromatic heterocycles. The molecule has 1 amide bonds. The third-order valence-corrected chi connectivity index (χ3v) is 5.75. The van der Waals surface area contributed by atoms with E-state index < -0.39 is 12.1 Å². The molecule has 2 aromatic rings. The van der Waals surface area contributed by atoms with Crippen molar-refractivity contribution >= 4 is 17.7 Å². The highest BCUT2D eigenvalue weighted by Gasteiger charge is 2.37. The van der Waals surface area contributed by atoms with Crippen LogP contribution in [0.5, 0.6) is 5.75 Å². The highest BCUT2D eigenvalue weighted by atomic mass is 16.6. The Morgan fingerprint density at radius 2 is 1.83 bits per heavy atom. The van der Waals surface area contributed by atoms with Gasteiger partial charge >= 0.3 is 12.1 Å². The second kappa shape index (κ2) is 8.13. The number of hydrogen-bond donors (Lipinski definition) is 2. The van der Waals surface area contributed by atoms with Gasteiger partial charge in [-0.3, -0.25) is 9.80 Å². The summed E-state index contributed by atoms with van der Waals surface area (Å²) >= 11 is 0. The van der Waals surface area contributed by atoms with Gasteiger partial charge in [0.15, 0.2) is 0 Å². The van der Waals surface area contributed by atoms with Crippen LogP contribution in [0.1, 0.15) is 28.8 Å². The van der Waals surface area contributed by atoms with E-state index in [-0.39, 0.29) is 24.0 Å². The molecule has 0 spiro atoms. The Hall–Kier alpha value is -3.06. The lowest BCUT2D eigenvalue weighted by atomic mass is 9.86. The largest absolute Gasteiger partial charge is 0.508 e. The molecule has 1 atom stereocenters. The predicted octanol–water partition coefficient (Wildman–Crippen LogP) is 3.33. The number of phenols is 1. The molecular weight excluding hydrogens is 372 g/mol. The molecule has 3 aliphatic heterocycles. The van der Waals surface area contributed by atoms with Crippen LogP contribution in [0.3, 0.4) is 0 Å². The number of rotatable bonds is 5. The zero-order valence-corrected chi connectivity index (χ0v) is 16.0. The van der Waals surface area contributed by atoms with E-state index >= 15 is 0 Å². The van der Waals surface area contributed by atoms with E-state index in [0.717, 1.165) is 38.0 Å². The van der Waals surface area contributed by atoms with E-state index in [2.05, 4.69) is 4.90 Å². The number of carboxylic acids is 1. The highest BCUT2D eigenvalue weighted by Crippen LogP contribution is 2.31. The number of amides is 1. The lowest BCUT2D eigenvalue weighted by Crippen LogP contribution is -2.53. The summed E-state index contributed by atoms with van der Waals surface area (Å²) in [5.74, 6) is -0.544. The van der Waals surface area contributed by atoms with E-state index in [4.69, 9.17) is 9.84 Å².